The first-order chi connectivity index (χ1) is 7.83. The second-order valence-electron chi connectivity index (χ2n) is 5.40. The molecule has 0 heterocycles. The van der Waals surface area contributed by atoms with E-state index in [-0.39, 0.29) is 6.10 Å². The molecule has 1 aromatic rings. The average molecular weight is 216 g/mol. The van der Waals surface area contributed by atoms with E-state index in [1.807, 2.05) is 0 Å². The zero-order valence-electron chi connectivity index (χ0n) is 9.78. The molecule has 0 amide bonds. The number of benzene rings is 1. The van der Waals surface area contributed by atoms with Crippen LogP contribution in [-0.2, 0) is 19.3 Å². The quantitative estimate of drug-likeness (QED) is 0.820. The molecule has 3 rings (SSSR count). The number of rotatable bonds is 4. The molecule has 1 unspecified atom stereocenters. The van der Waals surface area contributed by atoms with Gasteiger partial charge in [0, 0.05) is 0 Å². The highest BCUT2D eigenvalue weighted by Crippen LogP contribution is 2.34. The maximum absolute atomic E-state index is 9.84. The summed E-state index contributed by atoms with van der Waals surface area (Å²) in [6, 6.07) is 6.91. The van der Waals surface area contributed by atoms with Crippen LogP contribution >= 0.6 is 0 Å². The molecule has 1 heteroatoms. The largest absolute Gasteiger partial charge is 0.393 e. The summed E-state index contributed by atoms with van der Waals surface area (Å²) in [5.74, 6) is 0.620. The van der Waals surface area contributed by atoms with Gasteiger partial charge in [-0.1, -0.05) is 18.2 Å². The Kier molecular flexibility index (Phi) is 2.72. The van der Waals surface area contributed by atoms with Crippen LogP contribution in [0.4, 0.5) is 0 Å². The van der Waals surface area contributed by atoms with E-state index in [1.165, 1.54) is 37.7 Å². The van der Waals surface area contributed by atoms with E-state index in [2.05, 4.69) is 18.2 Å². The van der Waals surface area contributed by atoms with Crippen LogP contribution in [-0.4, -0.2) is 11.2 Å². The summed E-state index contributed by atoms with van der Waals surface area (Å²) in [6.07, 6.45) is 8.27. The van der Waals surface area contributed by atoms with Crippen molar-refractivity contribution in [1.29, 1.82) is 0 Å². The molecular formula is C15H20O. The number of aryl methyl sites for hydroxylation is 3. The minimum absolute atomic E-state index is 0.0479. The lowest BCUT2D eigenvalue weighted by atomic mass is 10.0. The van der Waals surface area contributed by atoms with Gasteiger partial charge in [0.1, 0.15) is 0 Å². The number of aliphatic hydroxyl groups excluding tert-OH is 1. The molecule has 0 saturated heterocycles. The minimum Gasteiger partial charge on any atom is -0.393 e. The summed E-state index contributed by atoms with van der Waals surface area (Å²) >= 11 is 0. The van der Waals surface area contributed by atoms with Crippen molar-refractivity contribution in [3.05, 3.63) is 34.9 Å². The molecule has 0 aromatic heterocycles. The molecule has 0 spiro atoms. The average Bonchev–Trinajstić information content (AvgIpc) is 3.04. The third-order valence-electron chi connectivity index (χ3n) is 4.06. The number of hydrogen-bond acceptors (Lipinski definition) is 1. The molecule has 1 nitrogen and oxygen atoms in total. The first-order valence-electron chi connectivity index (χ1n) is 6.61. The second-order valence-corrected chi connectivity index (χ2v) is 5.40. The van der Waals surface area contributed by atoms with Crippen molar-refractivity contribution in [3.8, 4) is 0 Å². The van der Waals surface area contributed by atoms with Crippen LogP contribution < -0.4 is 0 Å². The standard InChI is InChI=1S/C15H20O/c16-15(13-7-8-13)9-5-11-4-6-12-2-1-3-14(12)10-11/h4,6,10,13,15-16H,1-3,5,7-9H2. The summed E-state index contributed by atoms with van der Waals surface area (Å²) in [5.41, 5.74) is 4.52. The first kappa shape index (κ1) is 10.3. The molecule has 0 radical (unpaired) electrons. The van der Waals surface area contributed by atoms with Crippen molar-refractivity contribution in [2.45, 2.75) is 51.0 Å². The predicted octanol–water partition coefficient (Wildman–Crippen LogP) is 2.88. The summed E-state index contributed by atoms with van der Waals surface area (Å²) in [7, 11) is 0. The zero-order chi connectivity index (χ0) is 11.0. The Morgan fingerprint density at radius 1 is 1.19 bits per heavy atom. The Morgan fingerprint density at radius 3 is 2.81 bits per heavy atom. The van der Waals surface area contributed by atoms with Gasteiger partial charge in [0.25, 0.3) is 0 Å². The Morgan fingerprint density at radius 2 is 2.00 bits per heavy atom. The van der Waals surface area contributed by atoms with Gasteiger partial charge in [-0.25, -0.2) is 0 Å². The van der Waals surface area contributed by atoms with Gasteiger partial charge in [-0.3, -0.25) is 0 Å². The highest BCUT2D eigenvalue weighted by Gasteiger charge is 2.29. The Bertz CT molecular complexity index is 379. The minimum atomic E-state index is -0.0479. The van der Waals surface area contributed by atoms with Gasteiger partial charge in [-0.2, -0.15) is 0 Å². The molecule has 2 aliphatic carbocycles. The van der Waals surface area contributed by atoms with Crippen molar-refractivity contribution in [3.63, 3.8) is 0 Å². The lowest BCUT2D eigenvalue weighted by Gasteiger charge is -2.09. The molecule has 1 atom stereocenters. The first-order valence-corrected chi connectivity index (χ1v) is 6.61. The predicted molar refractivity (Wildman–Crippen MR) is 65.5 cm³/mol. The topological polar surface area (TPSA) is 20.2 Å². The van der Waals surface area contributed by atoms with Gasteiger partial charge in [-0.05, 0) is 67.6 Å². The van der Waals surface area contributed by atoms with Crippen molar-refractivity contribution in [2.24, 2.45) is 5.92 Å². The van der Waals surface area contributed by atoms with E-state index < -0.39 is 0 Å². The highest BCUT2D eigenvalue weighted by molar-refractivity contribution is 5.35. The van der Waals surface area contributed by atoms with Gasteiger partial charge >= 0.3 is 0 Å². The molecule has 86 valence electrons. The fourth-order valence-electron chi connectivity index (χ4n) is 2.81. The SMILES string of the molecule is OC(CCc1ccc2c(c1)CCC2)C1CC1. The van der Waals surface area contributed by atoms with Crippen molar-refractivity contribution in [1.82, 2.24) is 0 Å². The second kappa shape index (κ2) is 4.21. The third kappa shape index (κ3) is 2.15. The van der Waals surface area contributed by atoms with Gasteiger partial charge in [0.15, 0.2) is 0 Å². The van der Waals surface area contributed by atoms with E-state index in [0.717, 1.165) is 12.8 Å². The molecule has 0 aliphatic heterocycles. The van der Waals surface area contributed by atoms with Crippen LogP contribution in [0.15, 0.2) is 18.2 Å². The molecule has 2 aliphatic rings. The summed E-state index contributed by atoms with van der Waals surface area (Å²) in [4.78, 5) is 0. The molecule has 1 N–H and O–H groups in total. The monoisotopic (exact) mass is 216 g/mol. The lowest BCUT2D eigenvalue weighted by Crippen LogP contribution is -2.10. The van der Waals surface area contributed by atoms with E-state index in [9.17, 15) is 5.11 Å². The van der Waals surface area contributed by atoms with E-state index in [1.54, 1.807) is 11.1 Å². The normalized spacial score (nSPS) is 20.8. The van der Waals surface area contributed by atoms with E-state index in [4.69, 9.17) is 0 Å². The highest BCUT2D eigenvalue weighted by atomic mass is 16.3. The zero-order valence-corrected chi connectivity index (χ0v) is 9.78. The van der Waals surface area contributed by atoms with Crippen LogP contribution in [0.3, 0.4) is 0 Å². The number of fused-ring (bicyclic) bond motifs is 1. The maximum Gasteiger partial charge on any atom is 0.0571 e. The summed E-state index contributed by atoms with van der Waals surface area (Å²) < 4.78 is 0. The van der Waals surface area contributed by atoms with Crippen LogP contribution in [0.1, 0.15) is 42.4 Å². The Labute approximate surface area is 97.5 Å². The van der Waals surface area contributed by atoms with Crippen LogP contribution in [0.25, 0.3) is 0 Å². The van der Waals surface area contributed by atoms with E-state index >= 15 is 0 Å². The lowest BCUT2D eigenvalue weighted by molar-refractivity contribution is 0.142. The third-order valence-corrected chi connectivity index (χ3v) is 4.06. The van der Waals surface area contributed by atoms with Gasteiger partial charge in [-0.15, -0.1) is 0 Å². The molecule has 0 bridgehead atoms. The summed E-state index contributed by atoms with van der Waals surface area (Å²) in [6.45, 7) is 0. The fraction of sp³-hybridized carbons (Fsp3) is 0.600. The van der Waals surface area contributed by atoms with Gasteiger partial charge in [0.2, 0.25) is 0 Å². The summed E-state index contributed by atoms with van der Waals surface area (Å²) in [5, 5.41) is 9.84. The van der Waals surface area contributed by atoms with Crippen LogP contribution in [0.2, 0.25) is 0 Å². The molecule has 16 heavy (non-hydrogen) atoms. The molecular weight excluding hydrogens is 196 g/mol. The van der Waals surface area contributed by atoms with Crippen molar-refractivity contribution in [2.75, 3.05) is 0 Å². The fourth-order valence-corrected chi connectivity index (χ4v) is 2.81. The molecule has 1 aromatic carbocycles. The van der Waals surface area contributed by atoms with Crippen molar-refractivity contribution < 1.29 is 5.11 Å². The smallest absolute Gasteiger partial charge is 0.0571 e. The number of aliphatic hydroxyl groups is 1. The molecule has 1 fully saturated rings. The molecule has 1 saturated carbocycles. The number of hydrogen-bond donors (Lipinski definition) is 1. The van der Waals surface area contributed by atoms with Crippen molar-refractivity contribution >= 4 is 0 Å². The maximum atomic E-state index is 9.84. The Hall–Kier alpha value is -0.820. The van der Waals surface area contributed by atoms with Gasteiger partial charge in [0.05, 0.1) is 6.10 Å². The van der Waals surface area contributed by atoms with Gasteiger partial charge < -0.3 is 5.11 Å². The van der Waals surface area contributed by atoms with E-state index in [0.29, 0.717) is 5.92 Å². The van der Waals surface area contributed by atoms with Crippen LogP contribution in [0, 0.1) is 5.92 Å². The Balaban J connectivity index is 1.61. The van der Waals surface area contributed by atoms with Crippen LogP contribution in [0.5, 0.6) is 0 Å².